The summed E-state index contributed by atoms with van der Waals surface area (Å²) in [5, 5.41) is 13.2. The quantitative estimate of drug-likeness (QED) is 0.840. The topological polar surface area (TPSA) is 32.3 Å². The van der Waals surface area contributed by atoms with E-state index in [1.165, 1.54) is 36.1 Å². The largest absolute Gasteiger partial charge is 0.390 e. The molecule has 2 N–H and O–H groups in total. The second kappa shape index (κ2) is 5.09. The van der Waals surface area contributed by atoms with Gasteiger partial charge < -0.3 is 10.4 Å². The Kier molecular flexibility index (Phi) is 3.72. The molecule has 1 aromatic rings. The van der Waals surface area contributed by atoms with Gasteiger partial charge in [0.15, 0.2) is 0 Å². The van der Waals surface area contributed by atoms with Crippen LogP contribution in [-0.4, -0.2) is 17.3 Å². The highest BCUT2D eigenvalue weighted by molar-refractivity contribution is 5.54. The molecule has 0 aromatic heterocycles. The lowest BCUT2D eigenvalue weighted by Crippen LogP contribution is -2.19. The lowest BCUT2D eigenvalue weighted by atomic mass is 9.97. The molecule has 0 atom stereocenters. The van der Waals surface area contributed by atoms with Crippen LogP contribution in [0.3, 0.4) is 0 Å². The van der Waals surface area contributed by atoms with E-state index in [9.17, 15) is 5.11 Å². The second-order valence-corrected chi connectivity index (χ2v) is 5.69. The average molecular weight is 233 g/mol. The lowest BCUT2D eigenvalue weighted by molar-refractivity contribution is 0.0714. The fraction of sp³-hybridized carbons (Fsp3) is 0.600. The Morgan fingerprint density at radius 2 is 2.12 bits per heavy atom. The molecule has 0 spiro atoms. The Morgan fingerprint density at radius 3 is 2.88 bits per heavy atom. The molecule has 0 saturated carbocycles. The molecular formula is C15H23NO. The van der Waals surface area contributed by atoms with Crippen LogP contribution in [0, 0.1) is 0 Å². The predicted octanol–water partition coefficient (Wildman–Crippen LogP) is 3.14. The van der Waals surface area contributed by atoms with Gasteiger partial charge in [0, 0.05) is 12.2 Å². The van der Waals surface area contributed by atoms with Gasteiger partial charge in [0.2, 0.25) is 0 Å². The summed E-state index contributed by atoms with van der Waals surface area (Å²) in [6.07, 6.45) is 5.48. The van der Waals surface area contributed by atoms with Crippen molar-refractivity contribution in [2.45, 2.75) is 51.6 Å². The van der Waals surface area contributed by atoms with Gasteiger partial charge in [-0.25, -0.2) is 0 Å². The van der Waals surface area contributed by atoms with Gasteiger partial charge in [-0.15, -0.1) is 0 Å². The summed E-state index contributed by atoms with van der Waals surface area (Å²) in [5.74, 6) is 0. The van der Waals surface area contributed by atoms with Crippen molar-refractivity contribution in [1.82, 2.24) is 0 Å². The molecule has 0 bridgehead atoms. The summed E-state index contributed by atoms with van der Waals surface area (Å²) in [7, 11) is 0. The Balaban J connectivity index is 2.07. The van der Waals surface area contributed by atoms with Gasteiger partial charge in [-0.3, -0.25) is 0 Å². The normalized spacial score (nSPS) is 15.9. The first-order valence-corrected chi connectivity index (χ1v) is 6.63. The van der Waals surface area contributed by atoms with Crippen LogP contribution in [0.4, 0.5) is 5.69 Å². The van der Waals surface area contributed by atoms with Gasteiger partial charge in [-0.2, -0.15) is 0 Å². The number of hydrogen-bond donors (Lipinski definition) is 2. The van der Waals surface area contributed by atoms with Crippen molar-refractivity contribution in [2.75, 3.05) is 11.9 Å². The molecule has 1 aliphatic heterocycles. The first-order valence-electron chi connectivity index (χ1n) is 6.63. The summed E-state index contributed by atoms with van der Waals surface area (Å²) in [6, 6.07) is 6.71. The number of nitrogens with one attached hydrogen (secondary N) is 1. The standard InChI is InChI=1S/C15H23NO/c1-15(2,17)9-8-12-6-7-13-5-3-4-10-16-14(13)11-12/h6-7,11,16-17H,3-5,8-10H2,1-2H3. The highest BCUT2D eigenvalue weighted by Crippen LogP contribution is 2.24. The van der Waals surface area contributed by atoms with E-state index >= 15 is 0 Å². The van der Waals surface area contributed by atoms with Gasteiger partial charge in [0.25, 0.3) is 0 Å². The van der Waals surface area contributed by atoms with E-state index in [2.05, 4.69) is 23.5 Å². The van der Waals surface area contributed by atoms with Gasteiger partial charge in [-0.05, 0) is 63.1 Å². The minimum Gasteiger partial charge on any atom is -0.390 e. The molecule has 1 aliphatic rings. The van der Waals surface area contributed by atoms with Crippen molar-refractivity contribution < 1.29 is 5.11 Å². The number of hydrogen-bond acceptors (Lipinski definition) is 2. The highest BCUT2D eigenvalue weighted by atomic mass is 16.3. The van der Waals surface area contributed by atoms with Gasteiger partial charge >= 0.3 is 0 Å². The average Bonchev–Trinajstić information content (AvgIpc) is 2.49. The zero-order valence-electron chi connectivity index (χ0n) is 10.9. The Labute approximate surface area is 104 Å². The fourth-order valence-electron chi connectivity index (χ4n) is 2.28. The number of rotatable bonds is 3. The van der Waals surface area contributed by atoms with E-state index in [0.29, 0.717) is 0 Å². The van der Waals surface area contributed by atoms with Gasteiger partial charge in [-0.1, -0.05) is 12.1 Å². The van der Waals surface area contributed by atoms with E-state index in [4.69, 9.17) is 0 Å². The second-order valence-electron chi connectivity index (χ2n) is 5.69. The van der Waals surface area contributed by atoms with Crippen LogP contribution in [0.2, 0.25) is 0 Å². The maximum Gasteiger partial charge on any atom is 0.0594 e. The Morgan fingerprint density at radius 1 is 1.29 bits per heavy atom. The molecule has 0 fully saturated rings. The molecule has 1 aromatic carbocycles. The molecule has 0 amide bonds. The molecule has 94 valence electrons. The minimum atomic E-state index is -0.569. The summed E-state index contributed by atoms with van der Waals surface area (Å²) >= 11 is 0. The summed E-state index contributed by atoms with van der Waals surface area (Å²) in [6.45, 7) is 4.82. The first kappa shape index (κ1) is 12.4. The minimum absolute atomic E-state index is 0.569. The number of benzene rings is 1. The SMILES string of the molecule is CC(C)(O)CCc1ccc2c(c1)NCCCC2. The number of fused-ring (bicyclic) bond motifs is 1. The molecule has 1 heterocycles. The van der Waals surface area contributed by atoms with Crippen LogP contribution >= 0.6 is 0 Å². The lowest BCUT2D eigenvalue weighted by Gasteiger charge is -2.17. The molecule has 17 heavy (non-hydrogen) atoms. The van der Waals surface area contributed by atoms with Gasteiger partial charge in [0.1, 0.15) is 0 Å². The predicted molar refractivity (Wildman–Crippen MR) is 72.5 cm³/mol. The molecular weight excluding hydrogens is 210 g/mol. The van der Waals surface area contributed by atoms with Crippen LogP contribution < -0.4 is 5.32 Å². The van der Waals surface area contributed by atoms with E-state index in [1.54, 1.807) is 0 Å². The van der Waals surface area contributed by atoms with Crippen molar-refractivity contribution in [3.8, 4) is 0 Å². The Hall–Kier alpha value is -1.02. The fourth-order valence-corrected chi connectivity index (χ4v) is 2.28. The molecule has 0 radical (unpaired) electrons. The highest BCUT2D eigenvalue weighted by Gasteiger charge is 2.13. The monoisotopic (exact) mass is 233 g/mol. The molecule has 0 aliphatic carbocycles. The van der Waals surface area contributed by atoms with Crippen molar-refractivity contribution in [3.63, 3.8) is 0 Å². The number of aryl methyl sites for hydroxylation is 2. The first-order chi connectivity index (χ1) is 8.04. The molecule has 2 rings (SSSR count). The van der Waals surface area contributed by atoms with Crippen molar-refractivity contribution in [3.05, 3.63) is 29.3 Å². The van der Waals surface area contributed by atoms with E-state index in [0.717, 1.165) is 19.4 Å². The molecule has 0 unspecified atom stereocenters. The number of aliphatic hydroxyl groups is 1. The van der Waals surface area contributed by atoms with E-state index < -0.39 is 5.60 Å². The maximum atomic E-state index is 9.75. The van der Waals surface area contributed by atoms with Crippen LogP contribution in [-0.2, 0) is 12.8 Å². The third-order valence-corrected chi connectivity index (χ3v) is 3.39. The zero-order valence-corrected chi connectivity index (χ0v) is 10.9. The third-order valence-electron chi connectivity index (χ3n) is 3.39. The van der Waals surface area contributed by atoms with Crippen molar-refractivity contribution in [1.29, 1.82) is 0 Å². The van der Waals surface area contributed by atoms with Crippen LogP contribution in [0.25, 0.3) is 0 Å². The van der Waals surface area contributed by atoms with Crippen LogP contribution in [0.15, 0.2) is 18.2 Å². The summed E-state index contributed by atoms with van der Waals surface area (Å²) in [5.41, 5.74) is 3.49. The molecule has 2 heteroatoms. The molecule has 2 nitrogen and oxygen atoms in total. The maximum absolute atomic E-state index is 9.75. The smallest absolute Gasteiger partial charge is 0.0594 e. The molecule has 0 saturated heterocycles. The van der Waals surface area contributed by atoms with Crippen LogP contribution in [0.1, 0.15) is 44.2 Å². The third kappa shape index (κ3) is 3.74. The Bertz CT molecular complexity index is 379. The van der Waals surface area contributed by atoms with Crippen LogP contribution in [0.5, 0.6) is 0 Å². The van der Waals surface area contributed by atoms with E-state index in [-0.39, 0.29) is 0 Å². The van der Waals surface area contributed by atoms with E-state index in [1.807, 2.05) is 13.8 Å². The zero-order chi connectivity index (χ0) is 12.3. The van der Waals surface area contributed by atoms with Crippen molar-refractivity contribution >= 4 is 5.69 Å². The van der Waals surface area contributed by atoms with Crippen molar-refractivity contribution in [2.24, 2.45) is 0 Å². The summed E-state index contributed by atoms with van der Waals surface area (Å²) < 4.78 is 0. The summed E-state index contributed by atoms with van der Waals surface area (Å²) in [4.78, 5) is 0. The van der Waals surface area contributed by atoms with Gasteiger partial charge in [0.05, 0.1) is 5.60 Å². The number of anilines is 1.